The molecule has 19 heavy (non-hydrogen) atoms. The lowest BCUT2D eigenvalue weighted by molar-refractivity contribution is 0.0199. The van der Waals surface area contributed by atoms with Gasteiger partial charge in [0.15, 0.2) is 0 Å². The lowest BCUT2D eigenvalue weighted by Gasteiger charge is -2.22. The molecule has 2 unspecified atom stereocenters. The fourth-order valence-corrected chi connectivity index (χ4v) is 2.33. The molecule has 1 aliphatic heterocycles. The molecule has 0 radical (unpaired) electrons. The van der Waals surface area contributed by atoms with Crippen molar-refractivity contribution in [3.8, 4) is 0 Å². The highest BCUT2D eigenvalue weighted by atomic mass is 16.5. The van der Waals surface area contributed by atoms with E-state index in [1.54, 1.807) is 0 Å². The van der Waals surface area contributed by atoms with Gasteiger partial charge in [0.1, 0.15) is 6.23 Å². The summed E-state index contributed by atoms with van der Waals surface area (Å²) in [5, 5.41) is 7.01. The van der Waals surface area contributed by atoms with E-state index in [1.807, 2.05) is 18.3 Å². The standard InChI is InChI=1S/C15H25N3O/c1-2-3-6-11-19-15-8-10-16-12-14(18-15)13-7-4-5-9-17-13/h4-5,7,9,14-16,18H,2-3,6,8,10-12H2,1H3. The first-order chi connectivity index (χ1) is 9.40. The molecule has 1 saturated heterocycles. The first kappa shape index (κ1) is 14.4. The molecular formula is C15H25N3O. The summed E-state index contributed by atoms with van der Waals surface area (Å²) >= 11 is 0. The van der Waals surface area contributed by atoms with E-state index in [-0.39, 0.29) is 12.3 Å². The quantitative estimate of drug-likeness (QED) is 0.773. The van der Waals surface area contributed by atoms with Crippen LogP contribution in [0.4, 0.5) is 0 Å². The third-order valence-corrected chi connectivity index (χ3v) is 3.43. The number of nitrogens with zero attached hydrogens (tertiary/aromatic N) is 1. The van der Waals surface area contributed by atoms with Crippen LogP contribution in [0, 0.1) is 0 Å². The highest BCUT2D eigenvalue weighted by Crippen LogP contribution is 2.13. The van der Waals surface area contributed by atoms with Crippen molar-refractivity contribution >= 4 is 0 Å². The Morgan fingerprint density at radius 2 is 2.32 bits per heavy atom. The average Bonchev–Trinajstić information content (AvgIpc) is 2.70. The van der Waals surface area contributed by atoms with Crippen LogP contribution in [0.15, 0.2) is 24.4 Å². The molecule has 4 nitrogen and oxygen atoms in total. The van der Waals surface area contributed by atoms with Gasteiger partial charge in [-0.25, -0.2) is 0 Å². The minimum atomic E-state index is 0.138. The molecule has 2 heterocycles. The molecule has 2 atom stereocenters. The highest BCUT2D eigenvalue weighted by Gasteiger charge is 2.21. The summed E-state index contributed by atoms with van der Waals surface area (Å²) in [5.41, 5.74) is 1.08. The van der Waals surface area contributed by atoms with E-state index in [1.165, 1.54) is 12.8 Å². The van der Waals surface area contributed by atoms with Gasteiger partial charge in [-0.15, -0.1) is 0 Å². The molecule has 1 aromatic heterocycles. The largest absolute Gasteiger partial charge is 0.363 e. The number of hydrogen-bond acceptors (Lipinski definition) is 4. The van der Waals surface area contributed by atoms with Crippen LogP contribution in [0.25, 0.3) is 0 Å². The maximum absolute atomic E-state index is 5.94. The topological polar surface area (TPSA) is 46.2 Å². The smallest absolute Gasteiger partial charge is 0.109 e. The van der Waals surface area contributed by atoms with Gasteiger partial charge in [0.2, 0.25) is 0 Å². The van der Waals surface area contributed by atoms with E-state index in [9.17, 15) is 0 Å². The number of rotatable bonds is 6. The molecular weight excluding hydrogens is 238 g/mol. The molecule has 1 aromatic rings. The zero-order chi connectivity index (χ0) is 13.3. The van der Waals surface area contributed by atoms with Gasteiger partial charge in [0.05, 0.1) is 11.7 Å². The Morgan fingerprint density at radius 1 is 1.37 bits per heavy atom. The number of hydrogen-bond donors (Lipinski definition) is 2. The maximum atomic E-state index is 5.94. The summed E-state index contributed by atoms with van der Waals surface area (Å²) in [4.78, 5) is 4.43. The monoisotopic (exact) mass is 263 g/mol. The van der Waals surface area contributed by atoms with Crippen LogP contribution in [0.2, 0.25) is 0 Å². The molecule has 0 aliphatic carbocycles. The van der Waals surface area contributed by atoms with Crippen molar-refractivity contribution in [3.05, 3.63) is 30.1 Å². The number of pyridine rings is 1. The Labute approximate surface area is 116 Å². The summed E-state index contributed by atoms with van der Waals surface area (Å²) in [6.45, 7) is 4.96. The summed E-state index contributed by atoms with van der Waals surface area (Å²) in [6, 6.07) is 6.29. The number of nitrogens with one attached hydrogen (secondary N) is 2. The molecule has 1 aliphatic rings. The van der Waals surface area contributed by atoms with E-state index in [0.717, 1.165) is 38.2 Å². The highest BCUT2D eigenvalue weighted by molar-refractivity contribution is 5.09. The average molecular weight is 263 g/mol. The van der Waals surface area contributed by atoms with E-state index in [0.29, 0.717) is 0 Å². The molecule has 2 N–H and O–H groups in total. The van der Waals surface area contributed by atoms with Crippen LogP contribution in [0.1, 0.15) is 44.3 Å². The second-order valence-corrected chi connectivity index (χ2v) is 5.03. The van der Waals surface area contributed by atoms with Crippen LogP contribution in [-0.2, 0) is 4.74 Å². The lowest BCUT2D eigenvalue weighted by atomic mass is 10.2. The van der Waals surface area contributed by atoms with Crippen molar-refractivity contribution in [1.82, 2.24) is 15.6 Å². The Kier molecular flexibility index (Phi) is 6.27. The van der Waals surface area contributed by atoms with E-state index in [4.69, 9.17) is 4.74 Å². The van der Waals surface area contributed by atoms with Crippen molar-refractivity contribution < 1.29 is 4.74 Å². The van der Waals surface area contributed by atoms with E-state index >= 15 is 0 Å². The minimum Gasteiger partial charge on any atom is -0.363 e. The molecule has 0 bridgehead atoms. The predicted molar refractivity (Wildman–Crippen MR) is 76.9 cm³/mol. The third-order valence-electron chi connectivity index (χ3n) is 3.43. The zero-order valence-corrected chi connectivity index (χ0v) is 11.8. The van der Waals surface area contributed by atoms with Crippen molar-refractivity contribution in [1.29, 1.82) is 0 Å². The zero-order valence-electron chi connectivity index (χ0n) is 11.8. The summed E-state index contributed by atoms with van der Waals surface area (Å²) in [5.74, 6) is 0. The fraction of sp³-hybridized carbons (Fsp3) is 0.667. The van der Waals surface area contributed by atoms with Crippen molar-refractivity contribution in [2.75, 3.05) is 19.7 Å². The predicted octanol–water partition coefficient (Wildman–Crippen LogP) is 2.24. The van der Waals surface area contributed by atoms with Gasteiger partial charge in [-0.05, 0) is 31.5 Å². The summed E-state index contributed by atoms with van der Waals surface area (Å²) in [7, 11) is 0. The van der Waals surface area contributed by atoms with Gasteiger partial charge >= 0.3 is 0 Å². The Hall–Kier alpha value is -0.970. The second-order valence-electron chi connectivity index (χ2n) is 5.03. The molecule has 0 saturated carbocycles. The van der Waals surface area contributed by atoms with Crippen molar-refractivity contribution in [2.24, 2.45) is 0 Å². The fourth-order valence-electron chi connectivity index (χ4n) is 2.33. The molecule has 0 aromatic carbocycles. The SMILES string of the molecule is CCCCCOC1CCNCC(c2ccccn2)N1. The minimum absolute atomic E-state index is 0.138. The van der Waals surface area contributed by atoms with Gasteiger partial charge in [-0.1, -0.05) is 25.8 Å². The molecule has 0 amide bonds. The van der Waals surface area contributed by atoms with E-state index < -0.39 is 0 Å². The second kappa shape index (κ2) is 8.25. The lowest BCUT2D eigenvalue weighted by Crippen LogP contribution is -2.36. The summed E-state index contributed by atoms with van der Waals surface area (Å²) < 4.78 is 5.94. The molecule has 2 rings (SSSR count). The first-order valence-corrected chi connectivity index (χ1v) is 7.39. The Morgan fingerprint density at radius 3 is 3.11 bits per heavy atom. The molecule has 1 fully saturated rings. The van der Waals surface area contributed by atoms with Crippen LogP contribution < -0.4 is 10.6 Å². The first-order valence-electron chi connectivity index (χ1n) is 7.39. The van der Waals surface area contributed by atoms with Gasteiger partial charge in [-0.2, -0.15) is 0 Å². The van der Waals surface area contributed by atoms with Gasteiger partial charge in [0.25, 0.3) is 0 Å². The van der Waals surface area contributed by atoms with Crippen molar-refractivity contribution in [2.45, 2.75) is 44.9 Å². The third kappa shape index (κ3) is 4.90. The number of ether oxygens (including phenoxy) is 1. The summed E-state index contributed by atoms with van der Waals surface area (Å²) in [6.07, 6.45) is 6.62. The van der Waals surface area contributed by atoms with Crippen LogP contribution >= 0.6 is 0 Å². The van der Waals surface area contributed by atoms with Gasteiger partial charge < -0.3 is 10.1 Å². The number of aromatic nitrogens is 1. The van der Waals surface area contributed by atoms with Crippen LogP contribution in [-0.4, -0.2) is 30.9 Å². The van der Waals surface area contributed by atoms with Gasteiger partial charge in [0, 0.05) is 19.3 Å². The van der Waals surface area contributed by atoms with Crippen LogP contribution in [0.3, 0.4) is 0 Å². The molecule has 4 heteroatoms. The molecule has 106 valence electrons. The Bertz CT molecular complexity index is 345. The normalized spacial score (nSPS) is 24.1. The van der Waals surface area contributed by atoms with E-state index in [2.05, 4.69) is 28.6 Å². The number of unbranched alkanes of at least 4 members (excludes halogenated alkanes) is 2. The maximum Gasteiger partial charge on any atom is 0.109 e. The van der Waals surface area contributed by atoms with Crippen molar-refractivity contribution in [3.63, 3.8) is 0 Å². The molecule has 0 spiro atoms. The van der Waals surface area contributed by atoms with Gasteiger partial charge in [-0.3, -0.25) is 10.3 Å². The van der Waals surface area contributed by atoms with Crippen LogP contribution in [0.5, 0.6) is 0 Å². The Balaban J connectivity index is 1.84.